The van der Waals surface area contributed by atoms with Gasteiger partial charge in [-0.2, -0.15) is 0 Å². The van der Waals surface area contributed by atoms with Gasteiger partial charge in [0.1, 0.15) is 0 Å². The summed E-state index contributed by atoms with van der Waals surface area (Å²) in [7, 11) is 0. The zero-order valence-corrected chi connectivity index (χ0v) is 15.5. The molecule has 1 aromatic carbocycles. The maximum atomic E-state index is 11.9. The monoisotopic (exact) mass is 347 g/mol. The molecule has 2 heterocycles. The fourth-order valence-electron chi connectivity index (χ4n) is 3.21. The van der Waals surface area contributed by atoms with Gasteiger partial charge in [0.15, 0.2) is 11.5 Å². The molecule has 1 amide bonds. The van der Waals surface area contributed by atoms with Crippen LogP contribution in [0.2, 0.25) is 0 Å². The van der Waals surface area contributed by atoms with E-state index in [1.807, 2.05) is 26.8 Å². The van der Waals surface area contributed by atoms with Gasteiger partial charge in [-0.05, 0) is 38.5 Å². The van der Waals surface area contributed by atoms with Crippen molar-refractivity contribution in [1.29, 1.82) is 0 Å². The number of fused-ring (bicyclic) bond motifs is 1. The Morgan fingerprint density at radius 3 is 2.48 bits per heavy atom. The van der Waals surface area contributed by atoms with Crippen molar-refractivity contribution in [2.75, 3.05) is 39.5 Å². The topological polar surface area (TPSA) is 54.0 Å². The minimum absolute atomic E-state index is 0.135. The quantitative estimate of drug-likeness (QED) is 0.881. The van der Waals surface area contributed by atoms with E-state index in [-0.39, 0.29) is 11.4 Å². The summed E-state index contributed by atoms with van der Waals surface area (Å²) < 4.78 is 10.8. The molecular formula is C19H29N3O3. The number of benzene rings is 1. The Morgan fingerprint density at radius 1 is 1.08 bits per heavy atom. The predicted octanol–water partition coefficient (Wildman–Crippen LogP) is 1.84. The van der Waals surface area contributed by atoms with Crippen LogP contribution in [0.15, 0.2) is 18.2 Å². The third-order valence-electron chi connectivity index (χ3n) is 4.48. The lowest BCUT2D eigenvalue weighted by atomic mass is 10.1. The molecular weight excluding hydrogens is 318 g/mol. The zero-order valence-electron chi connectivity index (χ0n) is 15.5. The Balaban J connectivity index is 1.39. The number of rotatable bonds is 5. The molecule has 6 heteroatoms. The Hall–Kier alpha value is -1.79. The van der Waals surface area contributed by atoms with Crippen molar-refractivity contribution in [2.45, 2.75) is 39.3 Å². The van der Waals surface area contributed by atoms with E-state index < -0.39 is 0 Å². The predicted molar refractivity (Wildman–Crippen MR) is 96.8 cm³/mol. The average molecular weight is 347 g/mol. The third-order valence-corrected chi connectivity index (χ3v) is 4.48. The Labute approximate surface area is 150 Å². The largest absolute Gasteiger partial charge is 0.454 e. The number of nitrogens with zero attached hydrogens (tertiary/aromatic N) is 2. The normalized spacial score (nSPS) is 18.4. The van der Waals surface area contributed by atoms with Crippen LogP contribution in [-0.2, 0) is 11.3 Å². The van der Waals surface area contributed by atoms with E-state index in [0.29, 0.717) is 13.2 Å². The third kappa shape index (κ3) is 5.34. The van der Waals surface area contributed by atoms with Crippen LogP contribution in [0.1, 0.15) is 32.8 Å². The molecule has 0 saturated carbocycles. The van der Waals surface area contributed by atoms with Crippen LogP contribution in [0, 0.1) is 0 Å². The molecule has 0 bridgehead atoms. The van der Waals surface area contributed by atoms with E-state index in [4.69, 9.17) is 9.47 Å². The highest BCUT2D eigenvalue weighted by molar-refractivity contribution is 5.76. The maximum Gasteiger partial charge on any atom is 0.231 e. The van der Waals surface area contributed by atoms with Gasteiger partial charge in [-0.3, -0.25) is 9.69 Å². The first-order chi connectivity index (χ1) is 11.9. The van der Waals surface area contributed by atoms with E-state index in [9.17, 15) is 4.79 Å². The highest BCUT2D eigenvalue weighted by atomic mass is 16.7. The Kier molecular flexibility index (Phi) is 5.49. The molecule has 2 aliphatic heterocycles. The summed E-state index contributed by atoms with van der Waals surface area (Å²) in [5.41, 5.74) is 1.10. The molecule has 6 nitrogen and oxygen atoms in total. The van der Waals surface area contributed by atoms with Gasteiger partial charge in [0.25, 0.3) is 0 Å². The Bertz CT molecular complexity index is 604. The number of hydrogen-bond acceptors (Lipinski definition) is 5. The van der Waals surface area contributed by atoms with E-state index in [1.54, 1.807) is 0 Å². The summed E-state index contributed by atoms with van der Waals surface area (Å²) in [6.07, 6.45) is 0.569. The summed E-state index contributed by atoms with van der Waals surface area (Å²) in [6, 6.07) is 6.17. The summed E-state index contributed by atoms with van der Waals surface area (Å²) >= 11 is 0. The van der Waals surface area contributed by atoms with Gasteiger partial charge in [-0.15, -0.1) is 0 Å². The molecule has 3 rings (SSSR count). The van der Waals surface area contributed by atoms with Crippen LogP contribution >= 0.6 is 0 Å². The first-order valence-corrected chi connectivity index (χ1v) is 9.03. The number of piperazine rings is 1. The maximum absolute atomic E-state index is 11.9. The number of nitrogens with one attached hydrogen (secondary N) is 1. The fraction of sp³-hybridized carbons (Fsp3) is 0.632. The first-order valence-electron chi connectivity index (χ1n) is 9.03. The van der Waals surface area contributed by atoms with Crippen molar-refractivity contribution >= 4 is 5.91 Å². The minimum Gasteiger partial charge on any atom is -0.454 e. The van der Waals surface area contributed by atoms with E-state index in [2.05, 4.69) is 27.2 Å². The first kappa shape index (κ1) is 18.0. The van der Waals surface area contributed by atoms with Crippen LogP contribution in [0.25, 0.3) is 0 Å². The molecule has 0 aromatic heterocycles. The molecule has 0 unspecified atom stereocenters. The van der Waals surface area contributed by atoms with Crippen LogP contribution in [0.4, 0.5) is 0 Å². The highest BCUT2D eigenvalue weighted by Crippen LogP contribution is 2.32. The summed E-state index contributed by atoms with van der Waals surface area (Å²) in [5.74, 6) is 1.82. The molecule has 1 saturated heterocycles. The molecule has 0 radical (unpaired) electrons. The lowest BCUT2D eigenvalue weighted by Gasteiger charge is -2.34. The molecule has 0 spiro atoms. The number of ether oxygens (including phenoxy) is 2. The summed E-state index contributed by atoms with van der Waals surface area (Å²) in [4.78, 5) is 16.8. The van der Waals surface area contributed by atoms with Crippen molar-refractivity contribution < 1.29 is 14.3 Å². The highest BCUT2D eigenvalue weighted by Gasteiger charge is 2.20. The van der Waals surface area contributed by atoms with Crippen molar-refractivity contribution in [3.8, 4) is 11.5 Å². The molecule has 138 valence electrons. The van der Waals surface area contributed by atoms with Crippen LogP contribution < -0.4 is 14.8 Å². The fourth-order valence-corrected chi connectivity index (χ4v) is 3.21. The standard InChI is InChI=1S/C19H29N3O3/c1-19(2,3)20-18(23)6-7-21-8-10-22(11-9-21)13-15-4-5-16-17(12-15)25-14-24-16/h4-5,12H,6-11,13-14H2,1-3H3,(H,20,23). The second-order valence-electron chi connectivity index (χ2n) is 7.85. The number of carbonyl (C=O) groups excluding carboxylic acids is 1. The van der Waals surface area contributed by atoms with E-state index in [0.717, 1.165) is 50.8 Å². The lowest BCUT2D eigenvalue weighted by Crippen LogP contribution is -2.47. The van der Waals surface area contributed by atoms with Gasteiger partial charge in [-0.25, -0.2) is 0 Å². The lowest BCUT2D eigenvalue weighted by molar-refractivity contribution is -0.122. The van der Waals surface area contributed by atoms with E-state index >= 15 is 0 Å². The molecule has 2 aliphatic rings. The van der Waals surface area contributed by atoms with Gasteiger partial charge in [0.05, 0.1) is 0 Å². The average Bonchev–Trinajstić information content (AvgIpc) is 3.00. The van der Waals surface area contributed by atoms with Crippen molar-refractivity contribution in [3.63, 3.8) is 0 Å². The van der Waals surface area contributed by atoms with Crippen LogP contribution in [0.5, 0.6) is 11.5 Å². The summed E-state index contributed by atoms with van der Waals surface area (Å²) in [6.45, 7) is 12.2. The van der Waals surface area contributed by atoms with Gasteiger partial charge >= 0.3 is 0 Å². The minimum atomic E-state index is -0.152. The SMILES string of the molecule is CC(C)(C)NC(=O)CCN1CCN(Cc2ccc3c(c2)OCO3)CC1. The molecule has 0 aliphatic carbocycles. The van der Waals surface area contributed by atoms with Crippen molar-refractivity contribution in [3.05, 3.63) is 23.8 Å². The van der Waals surface area contributed by atoms with Crippen molar-refractivity contribution in [1.82, 2.24) is 15.1 Å². The number of carbonyl (C=O) groups is 1. The van der Waals surface area contributed by atoms with Gasteiger partial charge < -0.3 is 19.7 Å². The molecule has 1 fully saturated rings. The van der Waals surface area contributed by atoms with E-state index in [1.165, 1.54) is 5.56 Å². The van der Waals surface area contributed by atoms with Gasteiger partial charge in [0.2, 0.25) is 12.7 Å². The zero-order chi connectivity index (χ0) is 17.9. The molecule has 25 heavy (non-hydrogen) atoms. The number of amides is 1. The van der Waals surface area contributed by atoms with Crippen molar-refractivity contribution in [2.24, 2.45) is 0 Å². The van der Waals surface area contributed by atoms with Crippen LogP contribution in [0.3, 0.4) is 0 Å². The van der Waals surface area contributed by atoms with Gasteiger partial charge in [0, 0.05) is 51.2 Å². The van der Waals surface area contributed by atoms with Gasteiger partial charge in [-0.1, -0.05) is 6.07 Å². The number of hydrogen-bond donors (Lipinski definition) is 1. The molecule has 1 N–H and O–H groups in total. The Morgan fingerprint density at radius 2 is 1.76 bits per heavy atom. The smallest absolute Gasteiger partial charge is 0.231 e. The molecule has 0 atom stereocenters. The van der Waals surface area contributed by atoms with Crippen LogP contribution in [-0.4, -0.2) is 60.8 Å². The second-order valence-corrected chi connectivity index (χ2v) is 7.85. The molecule has 1 aromatic rings. The summed E-state index contributed by atoms with van der Waals surface area (Å²) in [5, 5.41) is 3.02. The second kappa shape index (κ2) is 7.62.